The van der Waals surface area contributed by atoms with Crippen molar-refractivity contribution in [2.24, 2.45) is 11.3 Å². The lowest BCUT2D eigenvalue weighted by Gasteiger charge is -2.53. The number of carbonyl (C=O) groups excluding carboxylic acids is 1. The SMILES string of the molecule is N#CC1=C(N2CCC3(CC2)CC(CO)C3)c2ccccc2CC1=O. The lowest BCUT2D eigenvalue weighted by Crippen LogP contribution is -2.47. The van der Waals surface area contributed by atoms with E-state index in [0.29, 0.717) is 29.9 Å². The quantitative estimate of drug-likeness (QED) is 0.909. The number of hydrogen-bond donors (Lipinski definition) is 1. The van der Waals surface area contributed by atoms with Crippen molar-refractivity contribution in [2.45, 2.75) is 32.1 Å². The Hall–Kier alpha value is -2.12. The number of piperidine rings is 1. The third-order valence-corrected chi connectivity index (χ3v) is 6.09. The summed E-state index contributed by atoms with van der Waals surface area (Å²) in [5.74, 6) is 0.415. The molecular weight excluding hydrogens is 300 g/mol. The summed E-state index contributed by atoms with van der Waals surface area (Å²) >= 11 is 0. The largest absolute Gasteiger partial charge is 0.396 e. The minimum atomic E-state index is -0.0597. The molecule has 0 bridgehead atoms. The topological polar surface area (TPSA) is 64.3 Å². The highest BCUT2D eigenvalue weighted by Crippen LogP contribution is 2.53. The van der Waals surface area contributed by atoms with Gasteiger partial charge >= 0.3 is 0 Å². The zero-order chi connectivity index (χ0) is 16.7. The van der Waals surface area contributed by atoms with Crippen LogP contribution in [0.5, 0.6) is 0 Å². The van der Waals surface area contributed by atoms with E-state index in [1.165, 1.54) is 0 Å². The van der Waals surface area contributed by atoms with Gasteiger partial charge in [0.2, 0.25) is 0 Å². The van der Waals surface area contributed by atoms with Gasteiger partial charge in [0.05, 0.1) is 5.70 Å². The standard InChI is InChI=1S/C20H22N2O2/c21-12-17-18(24)9-15-3-1-2-4-16(15)19(17)22-7-5-20(6-8-22)10-14(11-20)13-23/h1-4,14,23H,5-11,13H2. The van der Waals surface area contributed by atoms with Gasteiger partial charge in [-0.1, -0.05) is 24.3 Å². The molecule has 1 aromatic rings. The number of aliphatic hydroxyl groups is 1. The fraction of sp³-hybridized carbons (Fsp3) is 0.500. The summed E-state index contributed by atoms with van der Waals surface area (Å²) in [6.07, 6.45) is 4.75. The molecule has 1 saturated heterocycles. The van der Waals surface area contributed by atoms with E-state index in [-0.39, 0.29) is 5.78 Å². The van der Waals surface area contributed by atoms with Crippen molar-refractivity contribution >= 4 is 11.5 Å². The minimum absolute atomic E-state index is 0.0597. The number of nitrogens with zero attached hydrogens (tertiary/aromatic N) is 2. The molecule has 2 fully saturated rings. The maximum Gasteiger partial charge on any atom is 0.179 e. The average molecular weight is 322 g/mol. The van der Waals surface area contributed by atoms with Crippen molar-refractivity contribution < 1.29 is 9.90 Å². The summed E-state index contributed by atoms with van der Waals surface area (Å²) in [5.41, 5.74) is 3.63. The van der Waals surface area contributed by atoms with Gasteiger partial charge in [0.15, 0.2) is 5.78 Å². The van der Waals surface area contributed by atoms with E-state index < -0.39 is 0 Å². The molecule has 0 aromatic heterocycles. The number of nitriles is 1. The van der Waals surface area contributed by atoms with E-state index in [0.717, 1.165) is 55.6 Å². The first-order valence-electron chi connectivity index (χ1n) is 8.77. The highest BCUT2D eigenvalue weighted by molar-refractivity contribution is 6.09. The zero-order valence-corrected chi connectivity index (χ0v) is 13.8. The van der Waals surface area contributed by atoms with E-state index in [4.69, 9.17) is 0 Å². The van der Waals surface area contributed by atoms with E-state index in [1.54, 1.807) is 0 Å². The van der Waals surface area contributed by atoms with Crippen LogP contribution in [0.4, 0.5) is 0 Å². The van der Waals surface area contributed by atoms with E-state index in [1.807, 2.05) is 24.3 Å². The fourth-order valence-electron chi connectivity index (χ4n) is 4.78. The van der Waals surface area contributed by atoms with Gasteiger partial charge in [-0.15, -0.1) is 0 Å². The van der Waals surface area contributed by atoms with Crippen molar-refractivity contribution in [3.8, 4) is 6.07 Å². The number of ketones is 1. The van der Waals surface area contributed by atoms with Crippen molar-refractivity contribution in [2.75, 3.05) is 19.7 Å². The van der Waals surface area contributed by atoms with Gasteiger partial charge in [0.1, 0.15) is 11.6 Å². The Morgan fingerprint density at radius 3 is 2.62 bits per heavy atom. The molecule has 4 heteroatoms. The number of aliphatic hydroxyl groups excluding tert-OH is 1. The lowest BCUT2D eigenvalue weighted by molar-refractivity contribution is -0.114. The van der Waals surface area contributed by atoms with Crippen molar-refractivity contribution in [1.82, 2.24) is 4.90 Å². The second-order valence-electron chi connectivity index (χ2n) is 7.54. The van der Waals surface area contributed by atoms with Gasteiger partial charge in [-0.3, -0.25) is 4.79 Å². The van der Waals surface area contributed by atoms with E-state index in [2.05, 4.69) is 11.0 Å². The van der Waals surface area contributed by atoms with Crippen LogP contribution in [-0.4, -0.2) is 35.5 Å². The number of allylic oxidation sites excluding steroid dienone is 1. The Kier molecular flexibility index (Phi) is 3.69. The Labute approximate surface area is 142 Å². The fourth-order valence-corrected chi connectivity index (χ4v) is 4.78. The number of carbonyl (C=O) groups is 1. The number of fused-ring (bicyclic) bond motifs is 1. The number of benzene rings is 1. The molecule has 1 saturated carbocycles. The van der Waals surface area contributed by atoms with E-state index >= 15 is 0 Å². The van der Waals surface area contributed by atoms with Gasteiger partial charge in [-0.25, -0.2) is 0 Å². The van der Waals surface area contributed by atoms with Crippen LogP contribution in [0.15, 0.2) is 29.8 Å². The van der Waals surface area contributed by atoms with E-state index in [9.17, 15) is 15.2 Å². The van der Waals surface area contributed by atoms with Crippen LogP contribution in [0.3, 0.4) is 0 Å². The summed E-state index contributed by atoms with van der Waals surface area (Å²) in [5, 5.41) is 18.8. The Bertz CT molecular complexity index is 743. The summed E-state index contributed by atoms with van der Waals surface area (Å²) in [7, 11) is 0. The van der Waals surface area contributed by atoms with Crippen molar-refractivity contribution in [1.29, 1.82) is 5.26 Å². The number of rotatable bonds is 2. The second kappa shape index (κ2) is 5.75. The van der Waals surface area contributed by atoms with Gasteiger partial charge in [-0.05, 0) is 42.6 Å². The third-order valence-electron chi connectivity index (χ3n) is 6.09. The van der Waals surface area contributed by atoms with Gasteiger partial charge in [-0.2, -0.15) is 5.26 Å². The smallest absolute Gasteiger partial charge is 0.179 e. The molecule has 4 nitrogen and oxygen atoms in total. The first-order chi connectivity index (χ1) is 11.7. The number of Topliss-reactive ketones (excluding diaryl/α,β-unsaturated/α-hetero) is 1. The summed E-state index contributed by atoms with van der Waals surface area (Å²) in [6.45, 7) is 2.08. The van der Waals surface area contributed by atoms with Gasteiger partial charge in [0, 0.05) is 31.7 Å². The molecule has 124 valence electrons. The molecule has 24 heavy (non-hydrogen) atoms. The zero-order valence-electron chi connectivity index (χ0n) is 13.8. The van der Waals surface area contributed by atoms with Crippen LogP contribution < -0.4 is 0 Å². The highest BCUT2D eigenvalue weighted by atomic mass is 16.3. The molecular formula is C20H22N2O2. The Balaban J connectivity index is 1.61. The summed E-state index contributed by atoms with van der Waals surface area (Å²) < 4.78 is 0. The Morgan fingerprint density at radius 1 is 1.25 bits per heavy atom. The molecule has 0 atom stereocenters. The van der Waals surface area contributed by atoms with Crippen molar-refractivity contribution in [3.63, 3.8) is 0 Å². The first kappa shape index (κ1) is 15.4. The number of likely N-dealkylation sites (tertiary alicyclic amines) is 1. The van der Waals surface area contributed by atoms with Crippen LogP contribution >= 0.6 is 0 Å². The van der Waals surface area contributed by atoms with Crippen LogP contribution in [-0.2, 0) is 11.2 Å². The van der Waals surface area contributed by atoms with Crippen LogP contribution in [0.1, 0.15) is 36.8 Å². The first-order valence-corrected chi connectivity index (χ1v) is 8.77. The van der Waals surface area contributed by atoms with Gasteiger partial charge in [0.25, 0.3) is 0 Å². The molecule has 3 aliphatic rings. The van der Waals surface area contributed by atoms with Crippen LogP contribution in [0, 0.1) is 22.7 Å². The maximum absolute atomic E-state index is 12.4. The third kappa shape index (κ3) is 2.35. The van der Waals surface area contributed by atoms with Crippen LogP contribution in [0.25, 0.3) is 5.70 Å². The number of hydrogen-bond acceptors (Lipinski definition) is 4. The molecule has 1 aliphatic heterocycles. The summed E-state index contributed by atoms with van der Waals surface area (Å²) in [6, 6.07) is 10.1. The highest BCUT2D eigenvalue weighted by Gasteiger charge is 2.46. The molecule has 0 amide bonds. The Morgan fingerprint density at radius 2 is 1.96 bits per heavy atom. The summed E-state index contributed by atoms with van der Waals surface area (Å²) in [4.78, 5) is 14.6. The molecule has 1 N–H and O–H groups in total. The second-order valence-corrected chi connectivity index (χ2v) is 7.54. The molecule has 4 rings (SSSR count). The average Bonchev–Trinajstić information content (AvgIpc) is 2.58. The van der Waals surface area contributed by atoms with Gasteiger partial charge < -0.3 is 10.0 Å². The molecule has 1 heterocycles. The molecule has 0 unspecified atom stereocenters. The monoisotopic (exact) mass is 322 g/mol. The lowest BCUT2D eigenvalue weighted by atomic mass is 9.57. The van der Waals surface area contributed by atoms with Crippen molar-refractivity contribution in [3.05, 3.63) is 41.0 Å². The molecule has 1 aromatic carbocycles. The normalized spacial score (nSPS) is 23.0. The predicted molar refractivity (Wildman–Crippen MR) is 90.7 cm³/mol. The molecule has 0 radical (unpaired) electrons. The maximum atomic E-state index is 12.4. The van der Waals surface area contributed by atoms with Crippen LogP contribution in [0.2, 0.25) is 0 Å². The predicted octanol–water partition coefficient (Wildman–Crippen LogP) is 2.53. The molecule has 1 spiro atoms. The minimum Gasteiger partial charge on any atom is -0.396 e. The molecule has 2 aliphatic carbocycles.